The van der Waals surface area contributed by atoms with E-state index in [1.165, 1.54) is 15.7 Å². The summed E-state index contributed by atoms with van der Waals surface area (Å²) in [5.74, 6) is 0. The highest BCUT2D eigenvalue weighted by atomic mass is 79.9. The van der Waals surface area contributed by atoms with Crippen molar-refractivity contribution in [1.29, 1.82) is 0 Å². The first-order valence-corrected chi connectivity index (χ1v) is 9.80. The molecule has 2 heterocycles. The molecule has 0 amide bonds. The van der Waals surface area contributed by atoms with Crippen LogP contribution in [-0.4, -0.2) is 17.8 Å². The van der Waals surface area contributed by atoms with Gasteiger partial charge in [-0.05, 0) is 34.1 Å². The van der Waals surface area contributed by atoms with Crippen LogP contribution in [-0.2, 0) is 10.0 Å². The Labute approximate surface area is 146 Å². The predicted octanol–water partition coefficient (Wildman–Crippen LogP) is 4.38. The molecule has 3 rings (SSSR count). The minimum atomic E-state index is -3.85. The zero-order valence-corrected chi connectivity index (χ0v) is 15.6. The molecule has 110 valence electrons. The number of nitrogens with one attached hydrogen (secondary N) is 1. The van der Waals surface area contributed by atoms with E-state index < -0.39 is 10.0 Å². The third-order valence-electron chi connectivity index (χ3n) is 2.61. The zero-order chi connectivity index (χ0) is 15.2. The summed E-state index contributed by atoms with van der Waals surface area (Å²) in [4.78, 5) is 4.55. The zero-order valence-electron chi connectivity index (χ0n) is 10.0. The van der Waals surface area contributed by atoms with Crippen LogP contribution in [0.4, 0.5) is 5.69 Å². The second kappa shape index (κ2) is 5.54. The average molecular weight is 472 g/mol. The lowest BCUT2D eigenvalue weighted by atomic mass is 10.3. The summed E-state index contributed by atoms with van der Waals surface area (Å²) >= 11 is 13.9. The first-order chi connectivity index (χ1) is 9.88. The van der Waals surface area contributed by atoms with Crippen molar-refractivity contribution in [3.8, 4) is 0 Å². The minimum Gasteiger partial charge on any atom is -0.278 e. The lowest BCUT2D eigenvalue weighted by molar-refractivity contribution is 0.596. The topological polar surface area (TPSA) is 63.5 Å². The molecule has 0 aliphatic carbocycles. The molecule has 1 aromatic carbocycles. The molecule has 3 aromatic rings. The SMILES string of the molecule is O=S(=O)(Nc1ccc(Br)cc1Br)c1c(Cl)nc2sccn12. The van der Waals surface area contributed by atoms with Crippen LogP contribution in [0.25, 0.3) is 4.96 Å². The van der Waals surface area contributed by atoms with Gasteiger partial charge in [-0.3, -0.25) is 9.12 Å². The molecule has 0 saturated carbocycles. The summed E-state index contributed by atoms with van der Waals surface area (Å²) in [5.41, 5.74) is 0.416. The summed E-state index contributed by atoms with van der Waals surface area (Å²) in [6.07, 6.45) is 1.62. The highest BCUT2D eigenvalue weighted by molar-refractivity contribution is 9.11. The molecule has 0 unspecified atom stereocenters. The van der Waals surface area contributed by atoms with E-state index in [4.69, 9.17) is 11.6 Å². The number of sulfonamides is 1. The van der Waals surface area contributed by atoms with E-state index in [2.05, 4.69) is 41.6 Å². The minimum absolute atomic E-state index is 0.0532. The molecule has 0 aliphatic rings. The Morgan fingerprint density at radius 3 is 2.81 bits per heavy atom. The Hall–Kier alpha value is -0.610. The van der Waals surface area contributed by atoms with Gasteiger partial charge < -0.3 is 0 Å². The number of hydrogen-bond donors (Lipinski definition) is 1. The molecule has 0 spiro atoms. The summed E-state index contributed by atoms with van der Waals surface area (Å²) in [6, 6.07) is 5.13. The number of hydrogen-bond acceptors (Lipinski definition) is 4. The fourth-order valence-electron chi connectivity index (χ4n) is 1.74. The van der Waals surface area contributed by atoms with Gasteiger partial charge in [0, 0.05) is 20.5 Å². The van der Waals surface area contributed by atoms with E-state index in [0.717, 1.165) is 4.47 Å². The molecule has 0 saturated heterocycles. The van der Waals surface area contributed by atoms with Crippen molar-refractivity contribution >= 4 is 75.5 Å². The predicted molar refractivity (Wildman–Crippen MR) is 90.7 cm³/mol. The molecular formula is C11H6Br2ClN3O2S2. The van der Waals surface area contributed by atoms with E-state index in [0.29, 0.717) is 15.1 Å². The second-order valence-electron chi connectivity index (χ2n) is 3.99. The molecule has 0 bridgehead atoms. The Bertz CT molecular complexity index is 936. The van der Waals surface area contributed by atoms with E-state index in [1.807, 2.05) is 0 Å². The van der Waals surface area contributed by atoms with Gasteiger partial charge in [-0.2, -0.15) is 8.42 Å². The Morgan fingerprint density at radius 1 is 1.33 bits per heavy atom. The summed E-state index contributed by atoms with van der Waals surface area (Å²) in [6.45, 7) is 0. The highest BCUT2D eigenvalue weighted by Crippen LogP contribution is 2.31. The van der Waals surface area contributed by atoms with Gasteiger partial charge in [0.25, 0.3) is 10.0 Å². The van der Waals surface area contributed by atoms with E-state index >= 15 is 0 Å². The number of benzene rings is 1. The quantitative estimate of drug-likeness (QED) is 0.617. The van der Waals surface area contributed by atoms with Crippen LogP contribution >= 0.6 is 54.8 Å². The van der Waals surface area contributed by atoms with Gasteiger partial charge in [-0.15, -0.1) is 11.3 Å². The second-order valence-corrected chi connectivity index (χ2v) is 8.59. The van der Waals surface area contributed by atoms with Crippen LogP contribution in [0.3, 0.4) is 0 Å². The Balaban J connectivity index is 2.08. The fraction of sp³-hybridized carbons (Fsp3) is 0. The number of anilines is 1. The van der Waals surface area contributed by atoms with Crippen molar-refractivity contribution in [2.45, 2.75) is 5.03 Å². The van der Waals surface area contributed by atoms with Gasteiger partial charge in [-0.25, -0.2) is 4.98 Å². The molecule has 10 heteroatoms. The fourth-order valence-corrected chi connectivity index (χ4v) is 5.56. The number of aromatic nitrogens is 2. The largest absolute Gasteiger partial charge is 0.281 e. The van der Waals surface area contributed by atoms with E-state index in [1.54, 1.807) is 29.8 Å². The third-order valence-corrected chi connectivity index (χ3v) is 6.28. The Kier molecular flexibility index (Phi) is 4.04. The van der Waals surface area contributed by atoms with Crippen LogP contribution in [0.2, 0.25) is 5.15 Å². The number of rotatable bonds is 3. The van der Waals surface area contributed by atoms with Gasteiger partial charge in [-0.1, -0.05) is 27.5 Å². The van der Waals surface area contributed by atoms with E-state index in [9.17, 15) is 8.42 Å². The van der Waals surface area contributed by atoms with Crippen molar-refractivity contribution in [3.05, 3.63) is 43.9 Å². The van der Waals surface area contributed by atoms with Crippen LogP contribution in [0, 0.1) is 0 Å². The normalized spacial score (nSPS) is 12.0. The smallest absolute Gasteiger partial charge is 0.278 e. The molecule has 0 aliphatic heterocycles. The monoisotopic (exact) mass is 469 g/mol. The standard InChI is InChI=1S/C11H6Br2ClN3O2S2/c12-6-1-2-8(7(13)5-6)16-21(18,19)10-9(14)15-11-17(10)3-4-20-11/h1-5,16H. The first kappa shape index (κ1) is 15.3. The number of imidazole rings is 1. The molecule has 2 aromatic heterocycles. The van der Waals surface area contributed by atoms with Crippen LogP contribution < -0.4 is 4.72 Å². The molecule has 1 N–H and O–H groups in total. The maximum absolute atomic E-state index is 12.5. The molecular weight excluding hydrogens is 466 g/mol. The highest BCUT2D eigenvalue weighted by Gasteiger charge is 2.25. The maximum atomic E-state index is 12.5. The van der Waals surface area contributed by atoms with Crippen LogP contribution in [0.1, 0.15) is 0 Å². The van der Waals surface area contributed by atoms with Crippen molar-refractivity contribution in [2.75, 3.05) is 4.72 Å². The van der Waals surface area contributed by atoms with Crippen molar-refractivity contribution in [1.82, 2.24) is 9.38 Å². The molecule has 5 nitrogen and oxygen atoms in total. The maximum Gasteiger partial charge on any atom is 0.281 e. The van der Waals surface area contributed by atoms with Gasteiger partial charge in [0.2, 0.25) is 0 Å². The van der Waals surface area contributed by atoms with E-state index in [-0.39, 0.29) is 10.2 Å². The number of fused-ring (bicyclic) bond motifs is 1. The van der Waals surface area contributed by atoms with Gasteiger partial charge in [0.15, 0.2) is 15.1 Å². The van der Waals surface area contributed by atoms with Crippen molar-refractivity contribution < 1.29 is 8.42 Å². The number of halogens is 3. The van der Waals surface area contributed by atoms with Crippen molar-refractivity contribution in [3.63, 3.8) is 0 Å². The molecule has 0 fully saturated rings. The number of nitrogens with zero attached hydrogens (tertiary/aromatic N) is 2. The molecule has 0 radical (unpaired) electrons. The lowest BCUT2D eigenvalue weighted by Crippen LogP contribution is -2.15. The van der Waals surface area contributed by atoms with Crippen molar-refractivity contribution in [2.24, 2.45) is 0 Å². The average Bonchev–Trinajstić information content (AvgIpc) is 2.91. The summed E-state index contributed by atoms with van der Waals surface area (Å²) in [5, 5.41) is 1.62. The van der Waals surface area contributed by atoms with Gasteiger partial charge in [0.05, 0.1) is 5.69 Å². The third kappa shape index (κ3) is 2.85. The molecule has 0 atom stereocenters. The van der Waals surface area contributed by atoms with Gasteiger partial charge in [0.1, 0.15) is 0 Å². The lowest BCUT2D eigenvalue weighted by Gasteiger charge is -2.09. The van der Waals surface area contributed by atoms with Gasteiger partial charge >= 0.3 is 0 Å². The Morgan fingerprint density at radius 2 is 2.10 bits per heavy atom. The number of thiazole rings is 1. The van der Waals surface area contributed by atoms with Crippen LogP contribution in [0.15, 0.2) is 43.7 Å². The summed E-state index contributed by atoms with van der Waals surface area (Å²) < 4.78 is 30.5. The first-order valence-electron chi connectivity index (χ1n) is 5.47. The molecule has 21 heavy (non-hydrogen) atoms. The van der Waals surface area contributed by atoms with Crippen LogP contribution in [0.5, 0.6) is 0 Å². The summed E-state index contributed by atoms with van der Waals surface area (Å²) in [7, 11) is -3.85.